The first kappa shape index (κ1) is 10.8. The molecule has 0 bridgehead atoms. The smallest absolute Gasteiger partial charge is 0.258 e. The van der Waals surface area contributed by atoms with Crippen molar-refractivity contribution in [3.05, 3.63) is 34.4 Å². The summed E-state index contributed by atoms with van der Waals surface area (Å²) >= 11 is 0. The molecule has 1 aromatic carbocycles. The van der Waals surface area contributed by atoms with Gasteiger partial charge in [0.1, 0.15) is 0 Å². The normalized spacial score (nSPS) is 9.86. The first-order valence-corrected chi connectivity index (χ1v) is 4.94. The topological polar surface area (TPSA) is 43.1 Å². The third kappa shape index (κ3) is 2.13. The van der Waals surface area contributed by atoms with Crippen molar-refractivity contribution in [2.45, 2.75) is 26.5 Å². The highest BCUT2D eigenvalue weighted by molar-refractivity contribution is 6.74. The number of nitro benzene ring substituents is 1. The summed E-state index contributed by atoms with van der Waals surface area (Å²) in [6, 6.07) is 7.01. The van der Waals surface area contributed by atoms with E-state index in [9.17, 15) is 10.1 Å². The van der Waals surface area contributed by atoms with Crippen molar-refractivity contribution in [2.24, 2.45) is 0 Å². The highest BCUT2D eigenvalue weighted by Crippen LogP contribution is 2.11. The van der Waals surface area contributed by atoms with Crippen LogP contribution in [0.2, 0.25) is 12.6 Å². The number of hydrogen-bond donors (Lipinski definition) is 0. The standard InChI is InChI=1S/C10H14BNO2/c1-3-11(4-2)9-7-5-6-8-10(9)12(13)14/h5-8H,3-4H2,1-2H3. The molecule has 0 aliphatic rings. The number of benzene rings is 1. The molecule has 4 heteroatoms. The van der Waals surface area contributed by atoms with Gasteiger partial charge in [-0.05, 0) is 5.46 Å². The van der Waals surface area contributed by atoms with Crippen LogP contribution in [0.3, 0.4) is 0 Å². The molecule has 0 N–H and O–H groups in total. The minimum Gasteiger partial charge on any atom is -0.258 e. The minimum absolute atomic E-state index is 0.251. The molecule has 14 heavy (non-hydrogen) atoms. The summed E-state index contributed by atoms with van der Waals surface area (Å²) < 4.78 is 0. The monoisotopic (exact) mass is 191 g/mol. The first-order valence-electron chi connectivity index (χ1n) is 4.94. The number of nitrogens with zero attached hydrogens (tertiary/aromatic N) is 1. The third-order valence-electron chi connectivity index (χ3n) is 2.56. The van der Waals surface area contributed by atoms with Gasteiger partial charge >= 0.3 is 0 Å². The van der Waals surface area contributed by atoms with Gasteiger partial charge in [0.15, 0.2) is 6.71 Å². The van der Waals surface area contributed by atoms with E-state index in [1.807, 2.05) is 12.1 Å². The van der Waals surface area contributed by atoms with Crippen molar-refractivity contribution in [2.75, 3.05) is 0 Å². The molecule has 3 nitrogen and oxygen atoms in total. The van der Waals surface area contributed by atoms with Gasteiger partial charge in [-0.3, -0.25) is 10.1 Å². The van der Waals surface area contributed by atoms with Crippen LogP contribution in [0.5, 0.6) is 0 Å². The Bertz CT molecular complexity index is 324. The van der Waals surface area contributed by atoms with Gasteiger partial charge in [0.2, 0.25) is 0 Å². The number of hydrogen-bond acceptors (Lipinski definition) is 2. The van der Waals surface area contributed by atoms with Gasteiger partial charge < -0.3 is 0 Å². The van der Waals surface area contributed by atoms with E-state index in [0.717, 1.165) is 18.1 Å². The summed E-state index contributed by atoms with van der Waals surface area (Å²) in [6.07, 6.45) is 1.89. The molecule has 0 atom stereocenters. The second kappa shape index (κ2) is 4.79. The van der Waals surface area contributed by atoms with Crippen molar-refractivity contribution in [3.63, 3.8) is 0 Å². The second-order valence-corrected chi connectivity index (χ2v) is 3.33. The van der Waals surface area contributed by atoms with Crippen molar-refractivity contribution in [3.8, 4) is 0 Å². The van der Waals surface area contributed by atoms with Crippen molar-refractivity contribution in [1.82, 2.24) is 0 Å². The molecule has 0 aromatic heterocycles. The van der Waals surface area contributed by atoms with Crippen molar-refractivity contribution < 1.29 is 4.92 Å². The lowest BCUT2D eigenvalue weighted by atomic mass is 9.41. The Morgan fingerprint density at radius 1 is 1.29 bits per heavy atom. The Hall–Kier alpha value is -1.32. The van der Waals surface area contributed by atoms with Gasteiger partial charge in [0.05, 0.1) is 4.92 Å². The molecule has 74 valence electrons. The Kier molecular flexibility index (Phi) is 3.68. The lowest BCUT2D eigenvalue weighted by Gasteiger charge is -2.08. The number of para-hydroxylation sites is 1. The molecule has 0 saturated carbocycles. The van der Waals surface area contributed by atoms with E-state index in [-0.39, 0.29) is 10.6 Å². The molecule has 0 heterocycles. The first-order chi connectivity index (χ1) is 6.70. The maximum Gasteiger partial charge on any atom is 0.263 e. The van der Waals surface area contributed by atoms with E-state index in [0.29, 0.717) is 6.71 Å². The molecule has 0 aliphatic carbocycles. The van der Waals surface area contributed by atoms with Gasteiger partial charge in [0, 0.05) is 6.07 Å². The molecule has 0 spiro atoms. The maximum absolute atomic E-state index is 10.8. The van der Waals surface area contributed by atoms with Crippen LogP contribution >= 0.6 is 0 Å². The van der Waals surface area contributed by atoms with Crippen LogP contribution in [-0.4, -0.2) is 11.6 Å². The van der Waals surface area contributed by atoms with Gasteiger partial charge in [-0.25, -0.2) is 0 Å². The molecule has 0 aliphatic heterocycles. The van der Waals surface area contributed by atoms with Crippen LogP contribution in [0.4, 0.5) is 5.69 Å². The minimum atomic E-state index is -0.298. The van der Waals surface area contributed by atoms with Crippen LogP contribution in [0.25, 0.3) is 0 Å². The van der Waals surface area contributed by atoms with E-state index in [1.54, 1.807) is 12.1 Å². The summed E-state index contributed by atoms with van der Waals surface area (Å²) in [5.74, 6) is 0. The van der Waals surface area contributed by atoms with Gasteiger partial charge in [-0.2, -0.15) is 0 Å². The molecular formula is C10H14BNO2. The Labute approximate surface area is 84.4 Å². The highest BCUT2D eigenvalue weighted by Gasteiger charge is 2.21. The summed E-state index contributed by atoms with van der Waals surface area (Å²) in [5, 5.41) is 10.8. The van der Waals surface area contributed by atoms with E-state index >= 15 is 0 Å². The van der Waals surface area contributed by atoms with Crippen LogP contribution in [0, 0.1) is 10.1 Å². The van der Waals surface area contributed by atoms with Crippen LogP contribution < -0.4 is 5.46 Å². The van der Waals surface area contributed by atoms with E-state index in [2.05, 4.69) is 13.8 Å². The zero-order valence-electron chi connectivity index (χ0n) is 8.56. The van der Waals surface area contributed by atoms with E-state index in [4.69, 9.17) is 0 Å². The third-order valence-corrected chi connectivity index (χ3v) is 2.56. The average molecular weight is 191 g/mol. The van der Waals surface area contributed by atoms with Crippen LogP contribution in [-0.2, 0) is 0 Å². The fraction of sp³-hybridized carbons (Fsp3) is 0.400. The van der Waals surface area contributed by atoms with Crippen LogP contribution in [0.15, 0.2) is 24.3 Å². The van der Waals surface area contributed by atoms with Crippen molar-refractivity contribution in [1.29, 1.82) is 0 Å². The second-order valence-electron chi connectivity index (χ2n) is 3.33. The average Bonchev–Trinajstić information content (AvgIpc) is 2.20. The Morgan fingerprint density at radius 2 is 1.86 bits per heavy atom. The summed E-state index contributed by atoms with van der Waals surface area (Å²) in [6.45, 7) is 4.42. The number of rotatable bonds is 4. The fourth-order valence-electron chi connectivity index (χ4n) is 1.73. The molecule has 0 unspecified atom stereocenters. The summed E-state index contributed by atoms with van der Waals surface area (Å²) in [4.78, 5) is 10.5. The SMILES string of the molecule is CCB(CC)c1ccccc1[N+](=O)[O-]. The predicted molar refractivity (Wildman–Crippen MR) is 59.4 cm³/mol. The largest absolute Gasteiger partial charge is 0.263 e. The fourth-order valence-corrected chi connectivity index (χ4v) is 1.73. The van der Waals surface area contributed by atoms with E-state index < -0.39 is 0 Å². The molecule has 0 radical (unpaired) electrons. The molecule has 1 rings (SSSR count). The Balaban J connectivity index is 3.11. The summed E-state index contributed by atoms with van der Waals surface area (Å²) in [5.41, 5.74) is 1.11. The zero-order chi connectivity index (χ0) is 10.6. The molecule has 0 saturated heterocycles. The van der Waals surface area contributed by atoms with Gasteiger partial charge in [-0.15, -0.1) is 0 Å². The van der Waals surface area contributed by atoms with Gasteiger partial charge in [-0.1, -0.05) is 44.7 Å². The highest BCUT2D eigenvalue weighted by atomic mass is 16.6. The lowest BCUT2D eigenvalue weighted by Crippen LogP contribution is -2.30. The molecular weight excluding hydrogens is 177 g/mol. The number of nitro groups is 1. The van der Waals surface area contributed by atoms with E-state index in [1.165, 1.54) is 0 Å². The predicted octanol–water partition coefficient (Wildman–Crippen LogP) is 2.34. The molecule has 0 amide bonds. The Morgan fingerprint density at radius 3 is 2.36 bits per heavy atom. The zero-order valence-corrected chi connectivity index (χ0v) is 8.56. The van der Waals surface area contributed by atoms with Crippen LogP contribution in [0.1, 0.15) is 13.8 Å². The maximum atomic E-state index is 10.8. The molecule has 0 fully saturated rings. The quantitative estimate of drug-likeness (QED) is 0.416. The lowest BCUT2D eigenvalue weighted by molar-refractivity contribution is -0.383. The summed E-state index contributed by atoms with van der Waals surface area (Å²) in [7, 11) is 0. The van der Waals surface area contributed by atoms with Crippen molar-refractivity contribution >= 4 is 17.9 Å². The van der Waals surface area contributed by atoms with Gasteiger partial charge in [0.25, 0.3) is 5.69 Å². The molecule has 1 aromatic rings.